The topological polar surface area (TPSA) is 58.1 Å². The lowest BCUT2D eigenvalue weighted by Crippen LogP contribution is -2.45. The second kappa shape index (κ2) is 11.2. The van der Waals surface area contributed by atoms with Crippen molar-refractivity contribution in [1.82, 2.24) is 15.5 Å². The summed E-state index contributed by atoms with van der Waals surface area (Å²) < 4.78 is 10.8. The summed E-state index contributed by atoms with van der Waals surface area (Å²) in [5.41, 5.74) is 1.12. The maximum absolute atomic E-state index is 5.48. The number of nitrogens with one attached hydrogen (secondary N) is 2. The highest BCUT2D eigenvalue weighted by molar-refractivity contribution is 7.10. The van der Waals surface area contributed by atoms with Crippen molar-refractivity contribution in [1.29, 1.82) is 0 Å². The molecule has 2 N–H and O–H groups in total. The average molecular weight is 431 g/mol. The second-order valence-electron chi connectivity index (χ2n) is 7.65. The third-order valence-corrected chi connectivity index (χ3v) is 6.71. The molecule has 0 radical (unpaired) electrons. The van der Waals surface area contributed by atoms with Gasteiger partial charge in [-0.3, -0.25) is 9.89 Å². The van der Waals surface area contributed by atoms with E-state index in [2.05, 4.69) is 45.1 Å². The van der Waals surface area contributed by atoms with Crippen molar-refractivity contribution in [3.63, 3.8) is 0 Å². The molecule has 164 valence electrons. The first kappa shape index (κ1) is 22.4. The number of benzene rings is 1. The molecule has 1 saturated heterocycles. The lowest BCUT2D eigenvalue weighted by Gasteiger charge is -2.39. The summed E-state index contributed by atoms with van der Waals surface area (Å²) in [7, 11) is 7.45. The molecule has 1 aromatic heterocycles. The maximum Gasteiger partial charge on any atom is 0.190 e. The van der Waals surface area contributed by atoms with Crippen LogP contribution in [0, 0.1) is 5.92 Å². The fourth-order valence-electron chi connectivity index (χ4n) is 4.22. The van der Waals surface area contributed by atoms with Gasteiger partial charge in [-0.15, -0.1) is 11.3 Å². The number of methoxy groups -OCH3 is 2. The highest BCUT2D eigenvalue weighted by Gasteiger charge is 2.31. The predicted molar refractivity (Wildman–Crippen MR) is 125 cm³/mol. The van der Waals surface area contributed by atoms with Crippen molar-refractivity contribution in [2.75, 3.05) is 47.9 Å². The molecule has 1 aliphatic rings. The fraction of sp³-hybridized carbons (Fsp3) is 0.522. The van der Waals surface area contributed by atoms with Gasteiger partial charge in [-0.1, -0.05) is 6.07 Å². The van der Waals surface area contributed by atoms with E-state index in [4.69, 9.17) is 9.47 Å². The van der Waals surface area contributed by atoms with Crippen LogP contribution in [0.5, 0.6) is 11.5 Å². The van der Waals surface area contributed by atoms with E-state index in [0.29, 0.717) is 12.0 Å². The number of guanidine groups is 1. The number of nitrogens with zero attached hydrogens (tertiary/aromatic N) is 2. The lowest BCUT2D eigenvalue weighted by molar-refractivity contribution is 0.125. The number of aliphatic imine (C=N–C) groups is 1. The van der Waals surface area contributed by atoms with Gasteiger partial charge in [0.05, 0.1) is 14.2 Å². The Labute approximate surface area is 184 Å². The summed E-state index contributed by atoms with van der Waals surface area (Å²) in [6.45, 7) is 2.84. The highest BCUT2D eigenvalue weighted by Crippen LogP contribution is 2.36. The van der Waals surface area contributed by atoms with Crippen molar-refractivity contribution in [3.05, 3.63) is 46.2 Å². The number of likely N-dealkylation sites (tertiary alicyclic amines) is 1. The Bertz CT molecular complexity index is 810. The average Bonchev–Trinajstić information content (AvgIpc) is 3.30. The smallest absolute Gasteiger partial charge is 0.190 e. The minimum atomic E-state index is 0.477. The van der Waals surface area contributed by atoms with Crippen LogP contribution < -0.4 is 20.1 Å². The molecule has 2 aromatic rings. The first-order chi connectivity index (χ1) is 14.7. The maximum atomic E-state index is 5.48. The summed E-state index contributed by atoms with van der Waals surface area (Å²) in [4.78, 5) is 8.36. The zero-order valence-corrected chi connectivity index (χ0v) is 19.3. The second-order valence-corrected chi connectivity index (χ2v) is 8.63. The quantitative estimate of drug-likeness (QED) is 0.495. The van der Waals surface area contributed by atoms with Gasteiger partial charge in [0.15, 0.2) is 5.96 Å². The van der Waals surface area contributed by atoms with Crippen LogP contribution in [-0.2, 0) is 6.42 Å². The number of rotatable bonds is 8. The molecule has 0 aliphatic carbocycles. The van der Waals surface area contributed by atoms with Gasteiger partial charge in [-0.05, 0) is 74.0 Å². The van der Waals surface area contributed by atoms with E-state index in [0.717, 1.165) is 49.1 Å². The van der Waals surface area contributed by atoms with Crippen LogP contribution in [0.4, 0.5) is 0 Å². The molecule has 1 fully saturated rings. The van der Waals surface area contributed by atoms with E-state index in [9.17, 15) is 0 Å². The monoisotopic (exact) mass is 430 g/mol. The molecule has 1 aliphatic heterocycles. The Kier molecular flexibility index (Phi) is 8.39. The van der Waals surface area contributed by atoms with Crippen molar-refractivity contribution in [2.24, 2.45) is 10.9 Å². The van der Waals surface area contributed by atoms with Crippen molar-refractivity contribution in [3.8, 4) is 11.5 Å². The molecular weight excluding hydrogens is 396 g/mol. The third kappa shape index (κ3) is 5.67. The molecule has 2 unspecified atom stereocenters. The summed E-state index contributed by atoms with van der Waals surface area (Å²) in [6, 6.07) is 10.8. The van der Waals surface area contributed by atoms with E-state index in [-0.39, 0.29) is 0 Å². The molecule has 0 spiro atoms. The summed E-state index contributed by atoms with van der Waals surface area (Å²) in [5.74, 6) is 3.13. The summed E-state index contributed by atoms with van der Waals surface area (Å²) >= 11 is 1.86. The van der Waals surface area contributed by atoms with Crippen LogP contribution in [0.3, 0.4) is 0 Å². The van der Waals surface area contributed by atoms with Crippen LogP contribution in [-0.4, -0.2) is 58.8 Å². The Morgan fingerprint density at radius 2 is 2.10 bits per heavy atom. The third-order valence-electron chi connectivity index (χ3n) is 5.77. The van der Waals surface area contributed by atoms with Gasteiger partial charge in [0.2, 0.25) is 0 Å². The Morgan fingerprint density at radius 1 is 1.23 bits per heavy atom. The molecule has 0 saturated carbocycles. The molecule has 7 heteroatoms. The molecular formula is C23H34N4O2S. The molecule has 0 amide bonds. The Morgan fingerprint density at radius 3 is 2.80 bits per heavy atom. The standard InChI is InChI=1S/C23H34N4O2S/c1-24-23(25-12-11-17-15-19(28-3)9-10-20(17)29-4)26-16-18-7-5-13-27(2)22(18)21-8-6-14-30-21/h6,8-10,14-15,18,22H,5,7,11-13,16H2,1-4H3,(H2,24,25,26). The van der Waals surface area contributed by atoms with Crippen LogP contribution in [0.2, 0.25) is 0 Å². The van der Waals surface area contributed by atoms with Gasteiger partial charge < -0.3 is 20.1 Å². The predicted octanol–water partition coefficient (Wildman–Crippen LogP) is 3.56. The van der Waals surface area contributed by atoms with E-state index in [1.165, 1.54) is 17.7 Å². The molecule has 0 bridgehead atoms. The van der Waals surface area contributed by atoms with Gasteiger partial charge in [-0.2, -0.15) is 0 Å². The minimum absolute atomic E-state index is 0.477. The van der Waals surface area contributed by atoms with Crippen LogP contribution in [0.15, 0.2) is 40.7 Å². The zero-order chi connectivity index (χ0) is 21.3. The van der Waals surface area contributed by atoms with Gasteiger partial charge in [0.25, 0.3) is 0 Å². The zero-order valence-electron chi connectivity index (χ0n) is 18.5. The number of hydrogen-bond acceptors (Lipinski definition) is 5. The summed E-state index contributed by atoms with van der Waals surface area (Å²) in [6.07, 6.45) is 3.30. The van der Waals surface area contributed by atoms with Crippen molar-refractivity contribution in [2.45, 2.75) is 25.3 Å². The first-order valence-corrected chi connectivity index (χ1v) is 11.4. The van der Waals surface area contributed by atoms with E-state index >= 15 is 0 Å². The molecule has 6 nitrogen and oxygen atoms in total. The number of piperidine rings is 1. The fourth-order valence-corrected chi connectivity index (χ4v) is 5.21. The van der Waals surface area contributed by atoms with E-state index in [1.54, 1.807) is 14.2 Å². The largest absolute Gasteiger partial charge is 0.497 e. The van der Waals surface area contributed by atoms with Crippen molar-refractivity contribution < 1.29 is 9.47 Å². The Hall–Kier alpha value is -2.25. The van der Waals surface area contributed by atoms with Gasteiger partial charge >= 0.3 is 0 Å². The number of ether oxygens (including phenoxy) is 2. The van der Waals surface area contributed by atoms with Gasteiger partial charge in [0.1, 0.15) is 11.5 Å². The lowest BCUT2D eigenvalue weighted by atomic mass is 9.88. The first-order valence-electron chi connectivity index (χ1n) is 10.5. The Balaban J connectivity index is 1.53. The highest BCUT2D eigenvalue weighted by atomic mass is 32.1. The molecule has 30 heavy (non-hydrogen) atoms. The van der Waals surface area contributed by atoms with Crippen LogP contribution >= 0.6 is 11.3 Å². The van der Waals surface area contributed by atoms with E-state index in [1.807, 2.05) is 36.6 Å². The number of thiophene rings is 1. The van der Waals surface area contributed by atoms with Crippen molar-refractivity contribution >= 4 is 17.3 Å². The van der Waals surface area contributed by atoms with Gasteiger partial charge in [-0.25, -0.2) is 0 Å². The summed E-state index contributed by atoms with van der Waals surface area (Å²) in [5, 5.41) is 9.16. The molecule has 2 heterocycles. The normalized spacial score (nSPS) is 20.1. The minimum Gasteiger partial charge on any atom is -0.497 e. The SMILES string of the molecule is CN=C(NCCc1cc(OC)ccc1OC)NCC1CCCN(C)C1c1cccs1. The molecule has 1 aromatic carbocycles. The van der Waals surface area contributed by atoms with Crippen LogP contribution in [0.25, 0.3) is 0 Å². The van der Waals surface area contributed by atoms with E-state index < -0.39 is 0 Å². The molecule has 3 rings (SSSR count). The van der Waals surface area contributed by atoms with Gasteiger partial charge in [0, 0.05) is 31.1 Å². The number of hydrogen-bond donors (Lipinski definition) is 2. The molecule has 2 atom stereocenters. The van der Waals surface area contributed by atoms with Crippen LogP contribution in [0.1, 0.15) is 29.3 Å².